The molecule has 5 aromatic rings. The zero-order valence-corrected chi connectivity index (χ0v) is 65.2. The van der Waals surface area contributed by atoms with Crippen LogP contribution in [-0.2, 0) is 88.2 Å². The lowest BCUT2D eigenvalue weighted by Crippen LogP contribution is -2.67. The van der Waals surface area contributed by atoms with E-state index in [1.165, 1.54) is 116 Å². The number of carbonyl (C=O) groups excluding carboxylic acids is 4. The molecule has 1 unspecified atom stereocenters. The minimum absolute atomic E-state index is 0.00704. The van der Waals surface area contributed by atoms with Crippen molar-refractivity contribution in [2.45, 2.75) is 321 Å². The smallest absolute Gasteiger partial charge is 0.320 e. The second-order valence-corrected chi connectivity index (χ2v) is 29.8. The molecular weight excluding hydrogens is 1330 g/mol. The summed E-state index contributed by atoms with van der Waals surface area (Å²) < 4.78 is 59.8. The zero-order chi connectivity index (χ0) is 74.5. The van der Waals surface area contributed by atoms with Crippen molar-refractivity contribution in [1.82, 2.24) is 10.2 Å². The molecule has 0 aromatic heterocycles. The molecule has 0 aliphatic carbocycles. The highest BCUT2D eigenvalue weighted by Gasteiger charge is 2.51. The van der Waals surface area contributed by atoms with Gasteiger partial charge in [-0.15, -0.1) is 0 Å². The van der Waals surface area contributed by atoms with Gasteiger partial charge in [0.1, 0.15) is 43.1 Å². The Bertz CT molecular complexity index is 3020. The van der Waals surface area contributed by atoms with Crippen LogP contribution in [0.3, 0.4) is 0 Å². The van der Waals surface area contributed by atoms with E-state index in [0.29, 0.717) is 32.8 Å². The van der Waals surface area contributed by atoms with Crippen molar-refractivity contribution in [3.05, 3.63) is 179 Å². The predicted octanol–water partition coefficient (Wildman–Crippen LogP) is 20.0. The summed E-state index contributed by atoms with van der Waals surface area (Å²) in [6, 6.07) is 48.8. The maximum Gasteiger partial charge on any atom is 0.320 e. The Kier molecular flexibility index (Phi) is 45.8. The summed E-state index contributed by atoms with van der Waals surface area (Å²) >= 11 is 0. The topological polar surface area (TPSA) is 167 Å². The molecule has 0 spiro atoms. The van der Waals surface area contributed by atoms with E-state index in [4.69, 9.17) is 42.6 Å². The summed E-state index contributed by atoms with van der Waals surface area (Å²) in [6.45, 7) is 8.20. The number of hydrogen-bond donors (Lipinski definition) is 1. The number of unbranched alkanes of at least 4 members (excludes halogenated alkanes) is 24. The van der Waals surface area contributed by atoms with Crippen LogP contribution in [0.1, 0.15) is 273 Å². The van der Waals surface area contributed by atoms with Crippen molar-refractivity contribution in [3.8, 4) is 0 Å². The molecule has 2 fully saturated rings. The van der Waals surface area contributed by atoms with Crippen molar-refractivity contribution >= 4 is 23.3 Å². The van der Waals surface area contributed by atoms with Gasteiger partial charge in [-0.2, -0.15) is 0 Å². The minimum atomic E-state index is -1.02. The third kappa shape index (κ3) is 37.5. The van der Waals surface area contributed by atoms with Gasteiger partial charge in [0, 0.05) is 31.4 Å². The van der Waals surface area contributed by atoms with Gasteiger partial charge in [0.25, 0.3) is 0 Å². The first-order chi connectivity index (χ1) is 52.2. The van der Waals surface area contributed by atoms with Crippen molar-refractivity contribution < 1.29 is 61.8 Å². The van der Waals surface area contributed by atoms with Gasteiger partial charge >= 0.3 is 5.97 Å². The van der Waals surface area contributed by atoms with E-state index in [1.54, 1.807) is 0 Å². The van der Waals surface area contributed by atoms with Gasteiger partial charge in [-0.25, -0.2) is 0 Å². The number of ketones is 3. The number of carbonyl (C=O) groups is 4. The van der Waals surface area contributed by atoms with E-state index in [1.807, 2.05) is 144 Å². The van der Waals surface area contributed by atoms with Crippen molar-refractivity contribution in [2.75, 3.05) is 46.0 Å². The number of ether oxygens (including phenoxy) is 9. The molecule has 5 aromatic carbocycles. The molecule has 0 bridgehead atoms. The molecule has 9 atom stereocenters. The Hall–Kier alpha value is -5.82. The number of rotatable bonds is 63. The Balaban J connectivity index is 1.10. The van der Waals surface area contributed by atoms with E-state index < -0.39 is 42.9 Å². The molecule has 2 aliphatic heterocycles. The molecule has 2 aliphatic rings. The first-order valence-electron chi connectivity index (χ1n) is 41.5. The van der Waals surface area contributed by atoms with Crippen LogP contribution in [0.15, 0.2) is 152 Å². The van der Waals surface area contributed by atoms with E-state index in [-0.39, 0.29) is 101 Å². The SMILES string of the molecule is CCCCCCCCCCC[C@H](CC(=O)CN[C@H]1C(OCCCN(CC(=O)C[C@@H](CCCCCCCCCCC)OCc2ccccc2)CC(=O)OCc2ccccc2)O[C@@H]2CO[C@@H](c3ccccc3)O[C@H]2[C@@H]1OCC(=O)C[C@@H](CCCCCCCCCCC)OCc1ccccc1)OCc1ccccc1. The van der Waals surface area contributed by atoms with E-state index in [0.717, 1.165) is 105 Å². The number of nitrogens with one attached hydrogen (secondary N) is 1. The highest BCUT2D eigenvalue weighted by molar-refractivity contribution is 5.82. The molecule has 2 heterocycles. The average Bonchev–Trinajstić information content (AvgIpc) is 0.772. The highest BCUT2D eigenvalue weighted by Crippen LogP contribution is 2.36. The normalized spacial score (nSPS) is 18.1. The summed E-state index contributed by atoms with van der Waals surface area (Å²) in [5.41, 5.74) is 4.82. The lowest BCUT2D eigenvalue weighted by molar-refractivity contribution is -0.348. The first-order valence-corrected chi connectivity index (χ1v) is 41.5. The van der Waals surface area contributed by atoms with E-state index in [2.05, 4.69) is 38.2 Å². The summed E-state index contributed by atoms with van der Waals surface area (Å²) in [4.78, 5) is 59.5. The Morgan fingerprint density at radius 3 is 1.27 bits per heavy atom. The lowest BCUT2D eigenvalue weighted by atomic mass is 9.94. The van der Waals surface area contributed by atoms with Crippen molar-refractivity contribution in [3.63, 3.8) is 0 Å². The fourth-order valence-electron chi connectivity index (χ4n) is 14.3. The Labute approximate surface area is 638 Å². The van der Waals surface area contributed by atoms with Crippen LogP contribution >= 0.6 is 0 Å². The Morgan fingerprint density at radius 2 is 0.830 bits per heavy atom. The number of hydrogen-bond acceptors (Lipinski definition) is 15. The van der Waals surface area contributed by atoms with Gasteiger partial charge in [0.15, 0.2) is 18.4 Å². The minimum Gasteiger partial charge on any atom is -0.460 e. The highest BCUT2D eigenvalue weighted by atomic mass is 16.8. The lowest BCUT2D eigenvalue weighted by Gasteiger charge is -2.49. The number of esters is 1. The second-order valence-electron chi connectivity index (χ2n) is 29.8. The average molecular weight is 1460 g/mol. The molecule has 106 heavy (non-hydrogen) atoms. The van der Waals surface area contributed by atoms with E-state index in [9.17, 15) is 19.2 Å². The van der Waals surface area contributed by atoms with Crippen LogP contribution in [0.5, 0.6) is 0 Å². The van der Waals surface area contributed by atoms with Crippen LogP contribution in [0.4, 0.5) is 0 Å². The summed E-state index contributed by atoms with van der Waals surface area (Å²) in [7, 11) is 0. The van der Waals surface area contributed by atoms with Crippen LogP contribution in [0, 0.1) is 0 Å². The third-order valence-electron chi connectivity index (χ3n) is 20.5. The van der Waals surface area contributed by atoms with Gasteiger partial charge in [0.2, 0.25) is 0 Å². The van der Waals surface area contributed by atoms with Crippen molar-refractivity contribution in [2.24, 2.45) is 0 Å². The number of benzene rings is 5. The number of nitrogens with zero attached hydrogens (tertiary/aromatic N) is 1. The van der Waals surface area contributed by atoms with Gasteiger partial charge in [-0.05, 0) is 47.9 Å². The fourth-order valence-corrected chi connectivity index (χ4v) is 14.3. The summed E-state index contributed by atoms with van der Waals surface area (Å²) in [6.07, 6.45) is 30.4. The van der Waals surface area contributed by atoms with Gasteiger partial charge in [-0.1, -0.05) is 346 Å². The maximum atomic E-state index is 14.7. The molecule has 2 saturated heterocycles. The molecule has 586 valence electrons. The number of Topliss-reactive ketones (excluding diaryl/α,β-unsaturated/α-hetero) is 3. The largest absolute Gasteiger partial charge is 0.460 e. The predicted molar refractivity (Wildman–Crippen MR) is 423 cm³/mol. The van der Waals surface area contributed by atoms with Crippen LogP contribution in [0.25, 0.3) is 0 Å². The van der Waals surface area contributed by atoms with Crippen LogP contribution < -0.4 is 5.32 Å². The van der Waals surface area contributed by atoms with Gasteiger partial charge in [0.05, 0.1) is 77.0 Å². The molecule has 0 amide bonds. The first kappa shape index (κ1) is 87.4. The summed E-state index contributed by atoms with van der Waals surface area (Å²) in [5, 5.41) is 3.59. The number of fused-ring (bicyclic) bond motifs is 1. The molecule has 15 heteroatoms. The molecule has 15 nitrogen and oxygen atoms in total. The molecular formula is C91H134N2O13. The second kappa shape index (κ2) is 55.6. The van der Waals surface area contributed by atoms with E-state index >= 15 is 0 Å². The monoisotopic (exact) mass is 1460 g/mol. The van der Waals surface area contributed by atoms with Crippen molar-refractivity contribution in [1.29, 1.82) is 0 Å². The fraction of sp³-hybridized carbons (Fsp3) is 0.626. The van der Waals surface area contributed by atoms with Gasteiger partial charge in [-0.3, -0.25) is 24.1 Å². The Morgan fingerprint density at radius 1 is 0.434 bits per heavy atom. The molecule has 0 radical (unpaired) electrons. The van der Waals surface area contributed by atoms with Crippen LogP contribution in [-0.4, -0.2) is 123 Å². The maximum absolute atomic E-state index is 14.7. The van der Waals surface area contributed by atoms with Gasteiger partial charge < -0.3 is 47.9 Å². The standard InChI is InChI=1S/C91H134N2O13/c1-4-7-10-13-16-19-22-25-43-57-82(99-68-74-47-33-28-34-48-74)62-79(94)65-92-87-89(103-72-81(96)64-84(101-70-76-51-37-30-38-52-76)59-45-27-24-21-18-15-12-9-6-3)88-85(73-104-90(106-88)78-55-41-32-42-56-78)105-91(87)98-61-46-60-93(67-86(97)102-71-77-53-39-31-40-54-77)66-80(95)63-83(100-69-75-49-35-29-36-50-75)58-44-26-23-20-17-14-11-8-5-2/h28-42,47-56,82-85,87-92H,4-27,43-46,57-73H2,1-3H3/t82-,83-,84-,85-,87-,88-,89-,90-,91?/m1/s1. The molecule has 0 saturated carbocycles. The third-order valence-corrected chi connectivity index (χ3v) is 20.5. The zero-order valence-electron chi connectivity index (χ0n) is 65.2. The molecule has 1 N–H and O–H groups in total. The van der Waals surface area contributed by atoms with Crippen LogP contribution in [0.2, 0.25) is 0 Å². The summed E-state index contributed by atoms with van der Waals surface area (Å²) in [5.74, 6) is -0.630. The quantitative estimate of drug-likeness (QED) is 0.0288. The molecule has 7 rings (SSSR count).